The molecule has 5 nitrogen and oxygen atoms in total. The predicted molar refractivity (Wildman–Crippen MR) is 111 cm³/mol. The first-order valence-electron chi connectivity index (χ1n) is 7.70. The Morgan fingerprint density at radius 2 is 1.88 bits per heavy atom. The second-order valence-electron chi connectivity index (χ2n) is 5.03. The summed E-state index contributed by atoms with van der Waals surface area (Å²) in [5, 5.41) is 10.9. The van der Waals surface area contributed by atoms with E-state index in [9.17, 15) is 9.18 Å². The normalized spacial score (nSPS) is 10.7. The van der Waals surface area contributed by atoms with Gasteiger partial charge in [0.25, 0.3) is 5.91 Å². The van der Waals surface area contributed by atoms with Gasteiger partial charge in [0.2, 0.25) is 0 Å². The first-order chi connectivity index (χ1) is 11.7. The van der Waals surface area contributed by atoms with Crippen molar-refractivity contribution in [3.05, 3.63) is 58.0 Å². The Morgan fingerprint density at radius 3 is 2.56 bits per heavy atom. The minimum Gasteiger partial charge on any atom is -0.356 e. The largest absolute Gasteiger partial charge is 0.356 e. The number of hydrogen-bond donors (Lipinski definition) is 3. The first-order valence-corrected chi connectivity index (χ1v) is 8.58. The molecule has 2 rings (SSSR count). The fourth-order valence-electron chi connectivity index (χ4n) is 2.03. The molecule has 0 spiro atoms. The van der Waals surface area contributed by atoms with Crippen molar-refractivity contribution in [3.63, 3.8) is 0 Å². The number of guanidine groups is 1. The summed E-state index contributed by atoms with van der Waals surface area (Å²) in [6, 6.07) is 10.3. The predicted octanol–water partition coefficient (Wildman–Crippen LogP) is 2.99. The van der Waals surface area contributed by atoms with Crippen molar-refractivity contribution >= 4 is 47.2 Å². The first kappa shape index (κ1) is 21.4. The highest BCUT2D eigenvalue weighted by Gasteiger charge is 2.05. The third kappa shape index (κ3) is 7.39. The molecule has 1 aromatic heterocycles. The van der Waals surface area contributed by atoms with E-state index in [-0.39, 0.29) is 35.7 Å². The molecule has 3 N–H and O–H groups in total. The van der Waals surface area contributed by atoms with Crippen LogP contribution in [0, 0.1) is 5.82 Å². The summed E-state index contributed by atoms with van der Waals surface area (Å²) >= 11 is 1.42. The third-order valence-electron chi connectivity index (χ3n) is 3.30. The summed E-state index contributed by atoms with van der Waals surface area (Å²) in [7, 11) is 1.66. The van der Waals surface area contributed by atoms with Gasteiger partial charge < -0.3 is 16.0 Å². The zero-order valence-electron chi connectivity index (χ0n) is 13.9. The average molecular weight is 476 g/mol. The van der Waals surface area contributed by atoms with E-state index in [1.165, 1.54) is 17.4 Å². The number of carbonyl (C=O) groups is 1. The third-order valence-corrected chi connectivity index (χ3v) is 4.17. The highest BCUT2D eigenvalue weighted by molar-refractivity contribution is 14.0. The molecule has 0 bridgehead atoms. The van der Waals surface area contributed by atoms with E-state index < -0.39 is 0 Å². The van der Waals surface area contributed by atoms with Gasteiger partial charge >= 0.3 is 0 Å². The van der Waals surface area contributed by atoms with Crippen molar-refractivity contribution in [2.45, 2.75) is 13.0 Å². The Kier molecular flexibility index (Phi) is 10.1. The van der Waals surface area contributed by atoms with Crippen LogP contribution in [-0.2, 0) is 6.54 Å². The van der Waals surface area contributed by atoms with Gasteiger partial charge in [-0.15, -0.1) is 35.3 Å². The van der Waals surface area contributed by atoms with Crippen LogP contribution in [0.2, 0.25) is 0 Å². The molecule has 1 heterocycles. The number of aliphatic imine (C=N–C) groups is 1. The van der Waals surface area contributed by atoms with Crippen LogP contribution in [0.25, 0.3) is 0 Å². The van der Waals surface area contributed by atoms with Gasteiger partial charge in [0.1, 0.15) is 5.82 Å². The smallest absolute Gasteiger partial charge is 0.261 e. The average Bonchev–Trinajstić information content (AvgIpc) is 3.13. The summed E-state index contributed by atoms with van der Waals surface area (Å²) in [5.41, 5.74) is 0.587. The lowest BCUT2D eigenvalue weighted by molar-refractivity contribution is 0.0957. The summed E-state index contributed by atoms with van der Waals surface area (Å²) < 4.78 is 13.5. The van der Waals surface area contributed by atoms with E-state index in [2.05, 4.69) is 20.9 Å². The maximum atomic E-state index is 13.5. The van der Waals surface area contributed by atoms with Crippen LogP contribution in [0.3, 0.4) is 0 Å². The fraction of sp³-hybridized carbons (Fsp3) is 0.294. The van der Waals surface area contributed by atoms with Crippen LogP contribution >= 0.6 is 35.3 Å². The van der Waals surface area contributed by atoms with Gasteiger partial charge in [-0.05, 0) is 23.9 Å². The lowest BCUT2D eigenvalue weighted by Gasteiger charge is -2.12. The number of benzene rings is 1. The maximum absolute atomic E-state index is 13.5. The van der Waals surface area contributed by atoms with E-state index in [1.807, 2.05) is 11.4 Å². The number of rotatable bonds is 7. The Hall–Kier alpha value is -1.68. The lowest BCUT2D eigenvalue weighted by atomic mass is 10.2. The number of halogens is 2. The molecule has 0 saturated carbocycles. The van der Waals surface area contributed by atoms with Crippen LogP contribution in [0.4, 0.5) is 4.39 Å². The lowest BCUT2D eigenvalue weighted by Crippen LogP contribution is -2.38. The summed E-state index contributed by atoms with van der Waals surface area (Å²) in [4.78, 5) is 16.6. The number of nitrogens with one attached hydrogen (secondary N) is 3. The molecule has 136 valence electrons. The molecule has 0 aliphatic carbocycles. The molecule has 8 heteroatoms. The minimum absolute atomic E-state index is 0. The molecule has 1 aromatic carbocycles. The summed E-state index contributed by atoms with van der Waals surface area (Å²) in [6.45, 7) is 1.59. The second kappa shape index (κ2) is 11.8. The Labute approximate surface area is 168 Å². The number of thiophene rings is 1. The number of nitrogens with zero attached hydrogens (tertiary/aromatic N) is 1. The minimum atomic E-state index is -0.239. The molecule has 0 atom stereocenters. The fourth-order valence-corrected chi connectivity index (χ4v) is 2.67. The van der Waals surface area contributed by atoms with E-state index in [4.69, 9.17) is 0 Å². The Bertz CT molecular complexity index is 679. The van der Waals surface area contributed by atoms with Gasteiger partial charge in [0.15, 0.2) is 5.96 Å². The van der Waals surface area contributed by atoms with E-state index in [0.717, 1.165) is 6.42 Å². The van der Waals surface area contributed by atoms with Gasteiger partial charge in [0.05, 0.1) is 4.88 Å². The van der Waals surface area contributed by atoms with Crippen LogP contribution in [0.1, 0.15) is 21.7 Å². The Balaban J connectivity index is 0.00000312. The molecule has 0 radical (unpaired) electrons. The molecular weight excluding hydrogens is 454 g/mol. The summed E-state index contributed by atoms with van der Waals surface area (Å²) in [5.74, 6) is 0.312. The van der Waals surface area contributed by atoms with Crippen LogP contribution < -0.4 is 16.0 Å². The van der Waals surface area contributed by atoms with Gasteiger partial charge in [0, 0.05) is 32.2 Å². The van der Waals surface area contributed by atoms with Gasteiger partial charge in [-0.25, -0.2) is 4.39 Å². The van der Waals surface area contributed by atoms with Crippen LogP contribution in [0.5, 0.6) is 0 Å². The zero-order valence-corrected chi connectivity index (χ0v) is 17.1. The van der Waals surface area contributed by atoms with E-state index in [1.54, 1.807) is 31.3 Å². The Morgan fingerprint density at radius 1 is 1.12 bits per heavy atom. The van der Waals surface area contributed by atoms with Gasteiger partial charge in [-0.1, -0.05) is 24.3 Å². The number of amides is 1. The molecule has 0 aliphatic rings. The zero-order chi connectivity index (χ0) is 17.2. The molecular formula is C17H22FIN4OS. The van der Waals surface area contributed by atoms with E-state index in [0.29, 0.717) is 36.0 Å². The van der Waals surface area contributed by atoms with Crippen LogP contribution in [-0.4, -0.2) is 32.0 Å². The summed E-state index contributed by atoms with van der Waals surface area (Å²) in [6.07, 6.45) is 0.761. The van der Waals surface area contributed by atoms with Gasteiger partial charge in [-0.2, -0.15) is 0 Å². The topological polar surface area (TPSA) is 65.5 Å². The molecule has 0 saturated heterocycles. The van der Waals surface area contributed by atoms with Crippen molar-refractivity contribution < 1.29 is 9.18 Å². The van der Waals surface area contributed by atoms with Crippen molar-refractivity contribution in [2.75, 3.05) is 20.1 Å². The van der Waals surface area contributed by atoms with Crippen molar-refractivity contribution in [1.29, 1.82) is 0 Å². The molecule has 0 unspecified atom stereocenters. The molecule has 25 heavy (non-hydrogen) atoms. The highest BCUT2D eigenvalue weighted by Crippen LogP contribution is 2.07. The van der Waals surface area contributed by atoms with Crippen molar-refractivity contribution in [2.24, 2.45) is 4.99 Å². The number of carbonyl (C=O) groups excluding carboxylic acids is 1. The molecule has 2 aromatic rings. The van der Waals surface area contributed by atoms with Crippen molar-refractivity contribution in [1.82, 2.24) is 16.0 Å². The quantitative estimate of drug-likeness (QED) is 0.249. The number of hydrogen-bond acceptors (Lipinski definition) is 3. The monoisotopic (exact) mass is 476 g/mol. The van der Waals surface area contributed by atoms with Crippen LogP contribution in [0.15, 0.2) is 46.8 Å². The van der Waals surface area contributed by atoms with E-state index >= 15 is 0 Å². The molecule has 0 aliphatic heterocycles. The molecule has 1 amide bonds. The SMILES string of the molecule is CN=C(NCCCNC(=O)c1cccs1)NCc1ccccc1F.I. The van der Waals surface area contributed by atoms with Crippen molar-refractivity contribution in [3.8, 4) is 0 Å². The maximum Gasteiger partial charge on any atom is 0.261 e. The highest BCUT2D eigenvalue weighted by atomic mass is 127. The second-order valence-corrected chi connectivity index (χ2v) is 5.98. The molecule has 0 fully saturated rings. The van der Waals surface area contributed by atoms with Gasteiger partial charge in [-0.3, -0.25) is 9.79 Å². The standard InChI is InChI=1S/C17H21FN4OS.HI/c1-19-17(22-12-13-6-2-3-7-14(13)18)21-10-5-9-20-16(23)15-8-4-11-24-15;/h2-4,6-8,11H,5,9-10,12H2,1H3,(H,20,23)(H2,19,21,22);1H.